The molecule has 0 amide bonds. The number of carbonyl (C=O) groups excluding carboxylic acids is 2. The predicted octanol–water partition coefficient (Wildman–Crippen LogP) is 2.63. The van der Waals surface area contributed by atoms with Crippen LogP contribution in [0.5, 0.6) is 0 Å². The molecule has 7 rings (SSSR count). The smallest absolute Gasteiger partial charge is 0.268 e. The lowest BCUT2D eigenvalue weighted by Crippen LogP contribution is -2.59. The van der Waals surface area contributed by atoms with Crippen LogP contribution >= 0.6 is 22.6 Å². The fourth-order valence-electron chi connectivity index (χ4n) is 6.27. The lowest BCUT2D eigenvalue weighted by molar-refractivity contribution is -0.122. The number of Topliss-reactive ketones (excluding diaryl/α,β-unsaturated/α-hetero) is 1. The number of allylic oxidation sites excluding steroid dienone is 1. The Morgan fingerprint density at radius 1 is 1.22 bits per heavy atom. The van der Waals surface area contributed by atoms with Crippen molar-refractivity contribution in [3.05, 3.63) is 70.6 Å². The van der Waals surface area contributed by atoms with E-state index in [2.05, 4.69) is 27.9 Å². The highest BCUT2D eigenvalue weighted by Gasteiger charge is 2.59. The van der Waals surface area contributed by atoms with Crippen molar-refractivity contribution in [3.8, 4) is 0 Å². The molecule has 1 aromatic heterocycles. The van der Waals surface area contributed by atoms with Crippen LogP contribution in [0.25, 0.3) is 5.70 Å². The summed E-state index contributed by atoms with van der Waals surface area (Å²) in [6.45, 7) is 2.81. The van der Waals surface area contributed by atoms with E-state index >= 15 is 0 Å². The Balaban J connectivity index is 1.51. The number of carbonyl (C=O) groups is 2. The summed E-state index contributed by atoms with van der Waals surface area (Å²) >= 11 is 2.14. The number of rotatable bonds is 2. The van der Waals surface area contributed by atoms with Crippen LogP contribution in [0.1, 0.15) is 33.6 Å². The van der Waals surface area contributed by atoms with E-state index in [0.29, 0.717) is 31.6 Å². The van der Waals surface area contributed by atoms with E-state index in [1.165, 1.54) is 0 Å². The fourth-order valence-corrected chi connectivity index (χ4v) is 8.72. The number of benzene rings is 1. The molecule has 5 aliphatic rings. The Hall–Kier alpha value is -2.57. The first-order chi connectivity index (χ1) is 17.2. The maximum Gasteiger partial charge on any atom is 0.268 e. The number of nitrogens with zero attached hydrogens (tertiary/aromatic N) is 2. The second-order valence-corrected chi connectivity index (χ2v) is 13.2. The first-order valence-corrected chi connectivity index (χ1v) is 14.6. The molecule has 0 saturated carbocycles. The summed E-state index contributed by atoms with van der Waals surface area (Å²) in [5, 5.41) is 3.47. The highest BCUT2D eigenvalue weighted by atomic mass is 127. The lowest BCUT2D eigenvalue weighted by Gasteiger charge is -2.52. The van der Waals surface area contributed by atoms with E-state index in [-0.39, 0.29) is 32.1 Å². The molecule has 0 unspecified atom stereocenters. The van der Waals surface area contributed by atoms with E-state index in [1.54, 1.807) is 36.5 Å². The van der Waals surface area contributed by atoms with Crippen LogP contribution in [0.4, 0.5) is 0 Å². The SMILES string of the molecule is Cc1ccc(S(=O)(=O)n2cc3c4c2C(=O)C2=N[C@@H]5CO[C@H]6[C@@H](I)C(=O)C=C[C@@]6(C5)C2=C4NCC3)cc1. The van der Waals surface area contributed by atoms with E-state index in [1.807, 2.05) is 13.0 Å². The van der Waals surface area contributed by atoms with Gasteiger partial charge in [0.1, 0.15) is 15.3 Å². The Labute approximate surface area is 221 Å². The largest absolute Gasteiger partial charge is 0.384 e. The molecule has 2 bridgehead atoms. The summed E-state index contributed by atoms with van der Waals surface area (Å²) in [6.07, 6.45) is 5.91. The van der Waals surface area contributed by atoms with Crippen LogP contribution in [0.15, 0.2) is 58.1 Å². The lowest BCUT2D eigenvalue weighted by atomic mass is 9.60. The Bertz CT molecular complexity index is 1580. The van der Waals surface area contributed by atoms with Gasteiger partial charge in [0.15, 0.2) is 5.78 Å². The molecule has 1 N–H and O–H groups in total. The molecule has 2 aliphatic carbocycles. The number of fused-ring (bicyclic) bond motifs is 2. The van der Waals surface area contributed by atoms with Crippen LogP contribution in [-0.2, 0) is 26.0 Å². The van der Waals surface area contributed by atoms with Gasteiger partial charge in [0.05, 0.1) is 29.3 Å². The average molecular weight is 615 g/mol. The standard InChI is InChI=1S/C26H22IN3O5S/c1-13-2-4-16(5-3-13)36(33,34)30-11-14-7-9-28-21-18(14)23(30)24(32)22-19(21)26-8-6-17(31)20(27)25(26)35-12-15(10-26)29-22/h2-6,8,11,15,20,25,28H,7,9-10,12H2,1H3/t15-,20-,25-,26+/m0/s1. The minimum absolute atomic E-state index is 0.00482. The summed E-state index contributed by atoms with van der Waals surface area (Å²) < 4.78 is 34.5. The highest BCUT2D eigenvalue weighted by molar-refractivity contribution is 14.1. The minimum Gasteiger partial charge on any atom is -0.384 e. The van der Waals surface area contributed by atoms with Gasteiger partial charge < -0.3 is 10.1 Å². The molecule has 1 spiro atoms. The van der Waals surface area contributed by atoms with Gasteiger partial charge in [-0.1, -0.05) is 46.4 Å². The number of hydrogen-bond acceptors (Lipinski definition) is 7. The maximum atomic E-state index is 14.1. The normalized spacial score (nSPS) is 30.3. The summed E-state index contributed by atoms with van der Waals surface area (Å²) in [5.41, 5.74) is 3.59. The van der Waals surface area contributed by atoms with Crippen LogP contribution in [0.3, 0.4) is 0 Å². The number of halogens is 1. The second kappa shape index (κ2) is 7.48. The van der Waals surface area contributed by atoms with Crippen molar-refractivity contribution in [2.75, 3.05) is 13.2 Å². The third-order valence-corrected chi connectivity index (χ3v) is 10.8. The third kappa shape index (κ3) is 2.83. The van der Waals surface area contributed by atoms with Gasteiger partial charge in [-0.25, -0.2) is 12.4 Å². The molecule has 3 aliphatic heterocycles. The van der Waals surface area contributed by atoms with Crippen molar-refractivity contribution in [2.45, 2.75) is 40.7 Å². The number of alkyl halides is 1. The van der Waals surface area contributed by atoms with Crippen molar-refractivity contribution in [1.29, 1.82) is 0 Å². The highest BCUT2D eigenvalue weighted by Crippen LogP contribution is 2.55. The van der Waals surface area contributed by atoms with Gasteiger partial charge in [-0.05, 0) is 43.5 Å². The zero-order chi connectivity index (χ0) is 25.0. The van der Waals surface area contributed by atoms with Gasteiger partial charge in [0, 0.05) is 29.3 Å². The van der Waals surface area contributed by atoms with E-state index in [0.717, 1.165) is 26.4 Å². The molecule has 2 aromatic rings. The molecular formula is C26H22IN3O5S. The van der Waals surface area contributed by atoms with Crippen molar-refractivity contribution in [3.63, 3.8) is 0 Å². The predicted molar refractivity (Wildman–Crippen MR) is 141 cm³/mol. The second-order valence-electron chi connectivity index (χ2n) is 10.0. The van der Waals surface area contributed by atoms with Crippen molar-refractivity contribution in [1.82, 2.24) is 9.29 Å². The van der Waals surface area contributed by atoms with Crippen molar-refractivity contribution < 1.29 is 22.7 Å². The number of nitrogens with one attached hydrogen (secondary N) is 1. The van der Waals surface area contributed by atoms with Gasteiger partial charge in [0.25, 0.3) is 10.0 Å². The van der Waals surface area contributed by atoms with Crippen molar-refractivity contribution in [2.24, 2.45) is 10.4 Å². The first-order valence-electron chi connectivity index (χ1n) is 11.9. The number of hydrogen-bond donors (Lipinski definition) is 1. The van der Waals surface area contributed by atoms with Gasteiger partial charge in [-0.3, -0.25) is 14.6 Å². The summed E-state index contributed by atoms with van der Waals surface area (Å²) in [7, 11) is -4.01. The Kier molecular flexibility index (Phi) is 4.70. The topological polar surface area (TPSA) is 107 Å². The molecule has 1 fully saturated rings. The fraction of sp³-hybridized carbons (Fsp3) is 0.346. The van der Waals surface area contributed by atoms with E-state index in [4.69, 9.17) is 9.73 Å². The van der Waals surface area contributed by atoms with Crippen molar-refractivity contribution >= 4 is 55.6 Å². The van der Waals surface area contributed by atoms with Crippen LogP contribution in [0, 0.1) is 12.3 Å². The zero-order valence-electron chi connectivity index (χ0n) is 19.3. The van der Waals surface area contributed by atoms with Crippen LogP contribution in [0.2, 0.25) is 0 Å². The molecule has 36 heavy (non-hydrogen) atoms. The molecule has 4 heterocycles. The van der Waals surface area contributed by atoms with Crippen LogP contribution < -0.4 is 5.32 Å². The summed E-state index contributed by atoms with van der Waals surface area (Å²) in [4.78, 5) is 31.6. The molecule has 184 valence electrons. The van der Waals surface area contributed by atoms with Gasteiger partial charge in [-0.15, -0.1) is 0 Å². The first kappa shape index (κ1) is 22.6. The number of aromatic nitrogens is 1. The van der Waals surface area contributed by atoms with Gasteiger partial charge in [-0.2, -0.15) is 0 Å². The van der Waals surface area contributed by atoms with E-state index < -0.39 is 27.3 Å². The Morgan fingerprint density at radius 3 is 2.78 bits per heavy atom. The molecule has 1 aromatic carbocycles. The molecule has 8 nitrogen and oxygen atoms in total. The quantitative estimate of drug-likeness (QED) is 0.412. The molecular weight excluding hydrogens is 593 g/mol. The third-order valence-electron chi connectivity index (χ3n) is 7.90. The summed E-state index contributed by atoms with van der Waals surface area (Å²) in [6, 6.07) is 6.39. The molecule has 0 radical (unpaired) electrons. The monoisotopic (exact) mass is 615 g/mol. The molecule has 4 atom stereocenters. The van der Waals surface area contributed by atoms with Gasteiger partial charge in [0.2, 0.25) is 5.78 Å². The number of aliphatic imine (C=N–C) groups is 1. The number of aryl methyl sites for hydroxylation is 1. The summed E-state index contributed by atoms with van der Waals surface area (Å²) in [5.74, 6) is -0.399. The molecule has 1 saturated heterocycles. The minimum atomic E-state index is -4.01. The molecule has 10 heteroatoms. The van der Waals surface area contributed by atoms with E-state index in [9.17, 15) is 18.0 Å². The number of ketones is 2. The Morgan fingerprint density at radius 2 is 2.00 bits per heavy atom. The van der Waals surface area contributed by atoms with Crippen LogP contribution in [-0.4, -0.2) is 58.9 Å². The van der Waals surface area contributed by atoms with Gasteiger partial charge >= 0.3 is 0 Å². The number of ether oxygens (including phenoxy) is 1. The zero-order valence-corrected chi connectivity index (χ0v) is 22.3. The maximum absolute atomic E-state index is 14.1. The average Bonchev–Trinajstić information content (AvgIpc) is 3.27.